The fraction of sp³-hybridized carbons (Fsp3) is 0.417. The van der Waals surface area contributed by atoms with Crippen LogP contribution in [-0.4, -0.2) is 24.2 Å². The number of unbranched alkanes of at least 4 members (excludes halogenated alkanes) is 2. The first-order valence-corrected chi connectivity index (χ1v) is 5.38. The predicted molar refractivity (Wildman–Crippen MR) is 59.7 cm³/mol. The summed E-state index contributed by atoms with van der Waals surface area (Å²) in [5, 5.41) is 11.3. The summed E-state index contributed by atoms with van der Waals surface area (Å²) < 4.78 is 12.8. The number of halogens is 1. The van der Waals surface area contributed by atoms with Gasteiger partial charge in [0.05, 0.1) is 0 Å². The largest absolute Gasteiger partial charge is 0.396 e. The molecule has 0 aliphatic carbocycles. The second-order valence-corrected chi connectivity index (χ2v) is 3.55. The molecule has 0 heterocycles. The van der Waals surface area contributed by atoms with E-state index in [1.54, 1.807) is 6.07 Å². The van der Waals surface area contributed by atoms with Gasteiger partial charge in [0, 0.05) is 18.7 Å². The van der Waals surface area contributed by atoms with Gasteiger partial charge < -0.3 is 10.4 Å². The maximum absolute atomic E-state index is 12.8. The molecule has 1 aromatic rings. The molecule has 0 aliphatic heterocycles. The Morgan fingerprint density at radius 3 is 2.81 bits per heavy atom. The Labute approximate surface area is 94.3 Å². The number of aliphatic hydroxyl groups is 1. The Kier molecular flexibility index (Phi) is 5.50. The van der Waals surface area contributed by atoms with Crippen molar-refractivity contribution in [2.75, 3.05) is 13.2 Å². The van der Waals surface area contributed by atoms with Gasteiger partial charge in [-0.15, -0.1) is 0 Å². The fourth-order valence-electron chi connectivity index (χ4n) is 1.35. The summed E-state index contributed by atoms with van der Waals surface area (Å²) in [4.78, 5) is 11.5. The SMILES string of the molecule is O=C(NCCCCCO)c1cccc(F)c1. The van der Waals surface area contributed by atoms with Crippen LogP contribution >= 0.6 is 0 Å². The number of carbonyl (C=O) groups is 1. The minimum absolute atomic E-state index is 0.178. The molecular weight excluding hydrogens is 209 g/mol. The number of hydrogen-bond donors (Lipinski definition) is 2. The summed E-state index contributed by atoms with van der Waals surface area (Å²) in [6.07, 6.45) is 2.44. The summed E-state index contributed by atoms with van der Waals surface area (Å²) in [5.41, 5.74) is 0.335. The molecule has 3 nitrogen and oxygen atoms in total. The second kappa shape index (κ2) is 6.95. The first-order valence-electron chi connectivity index (χ1n) is 5.38. The van der Waals surface area contributed by atoms with Crippen molar-refractivity contribution in [3.05, 3.63) is 35.6 Å². The highest BCUT2D eigenvalue weighted by Gasteiger charge is 2.04. The Balaban J connectivity index is 2.30. The average Bonchev–Trinajstić information content (AvgIpc) is 2.28. The van der Waals surface area contributed by atoms with Gasteiger partial charge in [-0.1, -0.05) is 6.07 Å². The van der Waals surface area contributed by atoms with Crippen LogP contribution in [0.5, 0.6) is 0 Å². The first-order chi connectivity index (χ1) is 7.74. The number of rotatable bonds is 6. The summed E-state index contributed by atoms with van der Waals surface area (Å²) in [6.45, 7) is 0.729. The predicted octanol–water partition coefficient (Wildman–Crippen LogP) is 1.72. The highest BCUT2D eigenvalue weighted by atomic mass is 19.1. The lowest BCUT2D eigenvalue weighted by Gasteiger charge is -2.04. The minimum atomic E-state index is -0.409. The zero-order valence-corrected chi connectivity index (χ0v) is 9.08. The van der Waals surface area contributed by atoms with E-state index < -0.39 is 5.82 Å². The molecule has 0 bridgehead atoms. The Morgan fingerprint density at radius 2 is 2.12 bits per heavy atom. The van der Waals surface area contributed by atoms with Crippen molar-refractivity contribution in [2.45, 2.75) is 19.3 Å². The van der Waals surface area contributed by atoms with Crippen molar-refractivity contribution < 1.29 is 14.3 Å². The molecule has 16 heavy (non-hydrogen) atoms. The molecule has 4 heteroatoms. The number of nitrogens with one attached hydrogen (secondary N) is 1. The summed E-state index contributed by atoms with van der Waals surface area (Å²) in [7, 11) is 0. The zero-order valence-electron chi connectivity index (χ0n) is 9.08. The van der Waals surface area contributed by atoms with E-state index in [-0.39, 0.29) is 12.5 Å². The topological polar surface area (TPSA) is 49.3 Å². The van der Waals surface area contributed by atoms with E-state index in [0.29, 0.717) is 12.1 Å². The van der Waals surface area contributed by atoms with Crippen LogP contribution in [0.25, 0.3) is 0 Å². The van der Waals surface area contributed by atoms with Gasteiger partial charge in [-0.05, 0) is 37.5 Å². The maximum Gasteiger partial charge on any atom is 0.251 e. The standard InChI is InChI=1S/C12H16FNO2/c13-11-6-4-5-10(9-11)12(16)14-7-2-1-3-8-15/h4-6,9,15H,1-3,7-8H2,(H,14,16). The first kappa shape index (κ1) is 12.6. The molecule has 2 N–H and O–H groups in total. The molecular formula is C12H16FNO2. The molecule has 0 unspecified atom stereocenters. The molecule has 0 aromatic heterocycles. The second-order valence-electron chi connectivity index (χ2n) is 3.55. The quantitative estimate of drug-likeness (QED) is 0.724. The smallest absolute Gasteiger partial charge is 0.251 e. The van der Waals surface area contributed by atoms with Gasteiger partial charge in [0.25, 0.3) is 5.91 Å². The van der Waals surface area contributed by atoms with Crippen molar-refractivity contribution in [1.82, 2.24) is 5.32 Å². The molecule has 0 saturated carbocycles. The molecule has 1 aromatic carbocycles. The van der Waals surface area contributed by atoms with Crippen molar-refractivity contribution in [1.29, 1.82) is 0 Å². The van der Waals surface area contributed by atoms with Crippen LogP contribution in [0, 0.1) is 5.82 Å². The van der Waals surface area contributed by atoms with Crippen LogP contribution in [0.15, 0.2) is 24.3 Å². The van der Waals surface area contributed by atoms with E-state index in [9.17, 15) is 9.18 Å². The lowest BCUT2D eigenvalue weighted by Crippen LogP contribution is -2.24. The number of amides is 1. The van der Waals surface area contributed by atoms with Crippen molar-refractivity contribution in [2.24, 2.45) is 0 Å². The van der Waals surface area contributed by atoms with E-state index in [4.69, 9.17) is 5.11 Å². The molecule has 0 aliphatic rings. The van der Waals surface area contributed by atoms with E-state index >= 15 is 0 Å². The van der Waals surface area contributed by atoms with Gasteiger partial charge in [-0.25, -0.2) is 4.39 Å². The van der Waals surface area contributed by atoms with E-state index in [1.807, 2.05) is 0 Å². The van der Waals surface area contributed by atoms with Crippen LogP contribution < -0.4 is 5.32 Å². The fourth-order valence-corrected chi connectivity index (χ4v) is 1.35. The normalized spacial score (nSPS) is 10.1. The van der Waals surface area contributed by atoms with E-state index in [0.717, 1.165) is 19.3 Å². The van der Waals surface area contributed by atoms with Crippen LogP contribution in [0.4, 0.5) is 4.39 Å². The third-order valence-electron chi connectivity index (χ3n) is 2.21. The van der Waals surface area contributed by atoms with Crippen molar-refractivity contribution in [3.8, 4) is 0 Å². The number of carbonyl (C=O) groups excluding carboxylic acids is 1. The van der Waals surface area contributed by atoms with Gasteiger partial charge in [0.15, 0.2) is 0 Å². The van der Waals surface area contributed by atoms with Crippen molar-refractivity contribution in [3.63, 3.8) is 0 Å². The third kappa shape index (κ3) is 4.40. The van der Waals surface area contributed by atoms with E-state index in [2.05, 4.69) is 5.32 Å². The lowest BCUT2D eigenvalue weighted by molar-refractivity contribution is 0.0952. The van der Waals surface area contributed by atoms with Gasteiger partial charge in [-0.2, -0.15) is 0 Å². The lowest BCUT2D eigenvalue weighted by atomic mass is 10.2. The minimum Gasteiger partial charge on any atom is -0.396 e. The Bertz CT molecular complexity index is 342. The van der Waals surface area contributed by atoms with Crippen LogP contribution in [0.3, 0.4) is 0 Å². The molecule has 0 atom stereocenters. The summed E-state index contributed by atoms with van der Waals surface area (Å²) >= 11 is 0. The van der Waals surface area contributed by atoms with Gasteiger partial charge in [0.2, 0.25) is 0 Å². The Morgan fingerprint density at radius 1 is 1.31 bits per heavy atom. The van der Waals surface area contributed by atoms with Crippen LogP contribution in [0.2, 0.25) is 0 Å². The van der Waals surface area contributed by atoms with Gasteiger partial charge in [0.1, 0.15) is 5.82 Å². The molecule has 88 valence electrons. The third-order valence-corrected chi connectivity index (χ3v) is 2.21. The summed E-state index contributed by atoms with van der Waals surface area (Å²) in [5.74, 6) is -0.670. The van der Waals surface area contributed by atoms with Gasteiger partial charge >= 0.3 is 0 Å². The zero-order chi connectivity index (χ0) is 11.8. The maximum atomic E-state index is 12.8. The molecule has 0 saturated heterocycles. The number of aliphatic hydroxyl groups excluding tert-OH is 1. The average molecular weight is 225 g/mol. The molecule has 0 radical (unpaired) electrons. The van der Waals surface area contributed by atoms with Crippen molar-refractivity contribution >= 4 is 5.91 Å². The van der Waals surface area contributed by atoms with E-state index in [1.165, 1.54) is 18.2 Å². The molecule has 1 rings (SSSR count). The van der Waals surface area contributed by atoms with Crippen LogP contribution in [-0.2, 0) is 0 Å². The Hall–Kier alpha value is -1.42. The highest BCUT2D eigenvalue weighted by Crippen LogP contribution is 2.03. The highest BCUT2D eigenvalue weighted by molar-refractivity contribution is 5.94. The molecule has 1 amide bonds. The van der Waals surface area contributed by atoms with Crippen LogP contribution in [0.1, 0.15) is 29.6 Å². The number of benzene rings is 1. The monoisotopic (exact) mass is 225 g/mol. The number of hydrogen-bond acceptors (Lipinski definition) is 2. The molecule has 0 fully saturated rings. The summed E-state index contributed by atoms with van der Waals surface area (Å²) in [6, 6.07) is 5.60. The molecule has 0 spiro atoms. The van der Waals surface area contributed by atoms with Gasteiger partial charge in [-0.3, -0.25) is 4.79 Å².